The van der Waals surface area contributed by atoms with E-state index in [-0.39, 0.29) is 0 Å². The second-order valence-corrected chi connectivity index (χ2v) is 5.05. The van der Waals surface area contributed by atoms with Gasteiger partial charge in [0.2, 0.25) is 0 Å². The highest BCUT2D eigenvalue weighted by Gasteiger charge is 2.17. The van der Waals surface area contributed by atoms with Gasteiger partial charge in [0, 0.05) is 19.6 Å². The quantitative estimate of drug-likeness (QED) is 0.856. The van der Waals surface area contributed by atoms with Gasteiger partial charge in [0.1, 0.15) is 18.5 Å². The molecule has 1 aliphatic rings. The molecule has 0 atom stereocenters. The summed E-state index contributed by atoms with van der Waals surface area (Å²) in [7, 11) is 0. The van der Waals surface area contributed by atoms with Crippen molar-refractivity contribution in [2.24, 2.45) is 5.73 Å². The summed E-state index contributed by atoms with van der Waals surface area (Å²) in [4.78, 5) is 2.26. The number of rotatable bonds is 6. The normalized spacial score (nSPS) is 17.6. The van der Waals surface area contributed by atoms with Crippen LogP contribution in [0.2, 0.25) is 0 Å². The molecule has 1 saturated heterocycles. The fourth-order valence-corrected chi connectivity index (χ4v) is 2.34. The molecule has 3 nitrogen and oxygen atoms in total. The molecule has 1 aliphatic heterocycles. The molecule has 1 aromatic rings. The van der Waals surface area contributed by atoms with Crippen molar-refractivity contribution in [3.8, 4) is 5.75 Å². The third-order valence-corrected chi connectivity index (χ3v) is 3.55. The number of ether oxygens (including phenoxy) is 1. The maximum Gasteiger partial charge on any atom is 0.119 e. The van der Waals surface area contributed by atoms with E-state index in [4.69, 9.17) is 10.5 Å². The molecular formula is C15H23FN2O. The van der Waals surface area contributed by atoms with Crippen LogP contribution >= 0.6 is 0 Å². The number of alkyl halides is 1. The lowest BCUT2D eigenvalue weighted by Crippen LogP contribution is -2.37. The Labute approximate surface area is 114 Å². The van der Waals surface area contributed by atoms with E-state index in [9.17, 15) is 4.39 Å². The van der Waals surface area contributed by atoms with Gasteiger partial charge in [-0.15, -0.1) is 0 Å². The van der Waals surface area contributed by atoms with Crippen molar-refractivity contribution in [1.29, 1.82) is 0 Å². The summed E-state index contributed by atoms with van der Waals surface area (Å²) in [5, 5.41) is 0. The van der Waals surface area contributed by atoms with E-state index in [0.29, 0.717) is 26.0 Å². The van der Waals surface area contributed by atoms with Crippen LogP contribution in [-0.2, 0) is 6.42 Å². The SMILES string of the molecule is NCCc1ccc(OCCN2CCC(F)CC2)cc1. The van der Waals surface area contributed by atoms with Crippen molar-refractivity contribution in [3.63, 3.8) is 0 Å². The van der Waals surface area contributed by atoms with Gasteiger partial charge in [0.15, 0.2) is 0 Å². The fraction of sp³-hybridized carbons (Fsp3) is 0.600. The summed E-state index contributed by atoms with van der Waals surface area (Å²) in [5.74, 6) is 0.890. The lowest BCUT2D eigenvalue weighted by atomic mass is 10.1. The van der Waals surface area contributed by atoms with E-state index >= 15 is 0 Å². The van der Waals surface area contributed by atoms with Crippen molar-refractivity contribution in [1.82, 2.24) is 4.90 Å². The standard InChI is InChI=1S/C15H23FN2O/c16-14-6-9-18(10-7-14)11-12-19-15-3-1-13(2-4-15)5-8-17/h1-4,14H,5-12,17H2. The fourth-order valence-electron chi connectivity index (χ4n) is 2.34. The summed E-state index contributed by atoms with van der Waals surface area (Å²) >= 11 is 0. The molecule has 0 unspecified atom stereocenters. The van der Waals surface area contributed by atoms with E-state index in [1.807, 2.05) is 12.1 Å². The number of halogens is 1. The average Bonchev–Trinajstić information content (AvgIpc) is 2.43. The van der Waals surface area contributed by atoms with Gasteiger partial charge in [0.25, 0.3) is 0 Å². The molecule has 0 radical (unpaired) electrons. The molecule has 1 fully saturated rings. The van der Waals surface area contributed by atoms with Crippen molar-refractivity contribution in [3.05, 3.63) is 29.8 Å². The molecular weight excluding hydrogens is 243 g/mol. The zero-order chi connectivity index (χ0) is 13.5. The molecule has 0 aromatic heterocycles. The number of nitrogens with two attached hydrogens (primary N) is 1. The predicted octanol–water partition coefficient (Wildman–Crippen LogP) is 2.00. The van der Waals surface area contributed by atoms with Crippen molar-refractivity contribution in [2.45, 2.75) is 25.4 Å². The maximum absolute atomic E-state index is 13.0. The molecule has 0 saturated carbocycles. The lowest BCUT2D eigenvalue weighted by Gasteiger charge is -2.28. The minimum Gasteiger partial charge on any atom is -0.492 e. The van der Waals surface area contributed by atoms with Gasteiger partial charge in [-0.1, -0.05) is 12.1 Å². The molecule has 19 heavy (non-hydrogen) atoms. The third kappa shape index (κ3) is 4.80. The number of likely N-dealkylation sites (tertiary alicyclic amines) is 1. The van der Waals surface area contributed by atoms with Gasteiger partial charge in [-0.2, -0.15) is 0 Å². The van der Waals surface area contributed by atoms with Crippen LogP contribution < -0.4 is 10.5 Å². The van der Waals surface area contributed by atoms with Crippen LogP contribution in [0.15, 0.2) is 24.3 Å². The highest BCUT2D eigenvalue weighted by Crippen LogP contribution is 2.14. The lowest BCUT2D eigenvalue weighted by molar-refractivity contribution is 0.132. The van der Waals surface area contributed by atoms with Crippen LogP contribution in [0.3, 0.4) is 0 Å². The molecule has 0 bridgehead atoms. The molecule has 0 spiro atoms. The smallest absolute Gasteiger partial charge is 0.119 e. The Morgan fingerprint density at radius 2 is 1.89 bits per heavy atom. The first kappa shape index (κ1) is 14.3. The second kappa shape index (κ2) is 7.46. The van der Waals surface area contributed by atoms with E-state index in [0.717, 1.165) is 31.8 Å². The first-order valence-electron chi connectivity index (χ1n) is 7.06. The van der Waals surface area contributed by atoms with Gasteiger partial charge < -0.3 is 10.5 Å². The van der Waals surface area contributed by atoms with Crippen molar-refractivity contribution < 1.29 is 9.13 Å². The summed E-state index contributed by atoms with van der Waals surface area (Å²) in [6.07, 6.45) is 1.62. The van der Waals surface area contributed by atoms with E-state index in [1.54, 1.807) is 0 Å². The number of nitrogens with zero attached hydrogens (tertiary/aromatic N) is 1. The topological polar surface area (TPSA) is 38.5 Å². The van der Waals surface area contributed by atoms with Crippen LogP contribution in [0.1, 0.15) is 18.4 Å². The summed E-state index contributed by atoms with van der Waals surface area (Å²) in [6, 6.07) is 8.07. The first-order valence-corrected chi connectivity index (χ1v) is 7.06. The Morgan fingerprint density at radius 1 is 1.21 bits per heavy atom. The van der Waals surface area contributed by atoms with Crippen molar-refractivity contribution >= 4 is 0 Å². The van der Waals surface area contributed by atoms with E-state index < -0.39 is 6.17 Å². The predicted molar refractivity (Wildman–Crippen MR) is 75.3 cm³/mol. The number of benzene rings is 1. The zero-order valence-corrected chi connectivity index (χ0v) is 11.4. The third-order valence-electron chi connectivity index (χ3n) is 3.55. The Kier molecular flexibility index (Phi) is 5.61. The minimum absolute atomic E-state index is 0.604. The van der Waals surface area contributed by atoms with E-state index in [1.165, 1.54) is 5.56 Å². The monoisotopic (exact) mass is 266 g/mol. The highest BCUT2D eigenvalue weighted by molar-refractivity contribution is 5.27. The van der Waals surface area contributed by atoms with Gasteiger partial charge >= 0.3 is 0 Å². The first-order chi connectivity index (χ1) is 9.28. The second-order valence-electron chi connectivity index (χ2n) is 5.05. The van der Waals surface area contributed by atoms with Crippen LogP contribution in [0.5, 0.6) is 5.75 Å². The Hall–Kier alpha value is -1.13. The minimum atomic E-state index is -0.604. The van der Waals surface area contributed by atoms with Crippen LogP contribution in [-0.4, -0.2) is 43.9 Å². The molecule has 1 aromatic carbocycles. The van der Waals surface area contributed by atoms with Gasteiger partial charge in [-0.05, 0) is 43.5 Å². The summed E-state index contributed by atoms with van der Waals surface area (Å²) < 4.78 is 18.7. The Bertz CT molecular complexity index is 361. The van der Waals surface area contributed by atoms with Gasteiger partial charge in [-0.3, -0.25) is 4.90 Å². The maximum atomic E-state index is 13.0. The number of hydrogen-bond donors (Lipinski definition) is 1. The number of piperidine rings is 1. The van der Waals surface area contributed by atoms with Crippen LogP contribution in [0, 0.1) is 0 Å². The Morgan fingerprint density at radius 3 is 2.53 bits per heavy atom. The molecule has 106 valence electrons. The molecule has 0 amide bonds. The van der Waals surface area contributed by atoms with Crippen molar-refractivity contribution in [2.75, 3.05) is 32.8 Å². The number of hydrogen-bond acceptors (Lipinski definition) is 3. The molecule has 2 rings (SSSR count). The molecule has 0 aliphatic carbocycles. The highest BCUT2D eigenvalue weighted by atomic mass is 19.1. The van der Waals surface area contributed by atoms with Gasteiger partial charge in [0.05, 0.1) is 0 Å². The molecule has 2 N–H and O–H groups in total. The zero-order valence-electron chi connectivity index (χ0n) is 11.4. The van der Waals surface area contributed by atoms with Crippen LogP contribution in [0.4, 0.5) is 4.39 Å². The molecule has 1 heterocycles. The Balaban J connectivity index is 1.67. The average molecular weight is 266 g/mol. The van der Waals surface area contributed by atoms with E-state index in [2.05, 4.69) is 17.0 Å². The summed E-state index contributed by atoms with van der Waals surface area (Å²) in [6.45, 7) is 3.90. The summed E-state index contributed by atoms with van der Waals surface area (Å²) in [5.41, 5.74) is 6.74. The largest absolute Gasteiger partial charge is 0.492 e. The van der Waals surface area contributed by atoms with Gasteiger partial charge in [-0.25, -0.2) is 4.39 Å². The van der Waals surface area contributed by atoms with Crippen LogP contribution in [0.25, 0.3) is 0 Å². The molecule has 4 heteroatoms.